The highest BCUT2D eigenvalue weighted by Crippen LogP contribution is 2.43. The van der Waals surface area contributed by atoms with Gasteiger partial charge in [-0.25, -0.2) is 9.18 Å². The summed E-state index contributed by atoms with van der Waals surface area (Å²) in [6.07, 6.45) is -2.33. The van der Waals surface area contributed by atoms with Gasteiger partial charge in [-0.2, -0.15) is 23.5 Å². The van der Waals surface area contributed by atoms with Gasteiger partial charge < -0.3 is 10.1 Å². The van der Waals surface area contributed by atoms with E-state index in [-0.39, 0.29) is 35.1 Å². The first-order valence-corrected chi connectivity index (χ1v) is 11.9. The van der Waals surface area contributed by atoms with Gasteiger partial charge in [-0.05, 0) is 63.1 Å². The Morgan fingerprint density at radius 1 is 1.30 bits per heavy atom. The molecule has 2 aromatic rings. The molecule has 1 aromatic carbocycles. The van der Waals surface area contributed by atoms with Crippen LogP contribution in [0.25, 0.3) is 11.1 Å². The first-order chi connectivity index (χ1) is 17.3. The van der Waals surface area contributed by atoms with E-state index in [0.29, 0.717) is 6.42 Å². The molecule has 12 heteroatoms. The van der Waals surface area contributed by atoms with E-state index in [2.05, 4.69) is 10.4 Å². The number of aromatic nitrogens is 2. The summed E-state index contributed by atoms with van der Waals surface area (Å²) in [5, 5.41) is 17.5. The number of ether oxygens (including phenoxy) is 1. The summed E-state index contributed by atoms with van der Waals surface area (Å²) in [4.78, 5) is 27.4. The lowest BCUT2D eigenvalue weighted by molar-refractivity contribution is -0.140. The summed E-state index contributed by atoms with van der Waals surface area (Å²) >= 11 is 0. The van der Waals surface area contributed by atoms with Crippen molar-refractivity contribution in [2.24, 2.45) is 5.92 Å². The second-order valence-corrected chi connectivity index (χ2v) is 10.4. The zero-order valence-electron chi connectivity index (χ0n) is 20.5. The highest BCUT2D eigenvalue weighted by atomic mass is 19.4. The summed E-state index contributed by atoms with van der Waals surface area (Å²) in [7, 11) is 0. The maximum absolute atomic E-state index is 14.8. The zero-order valence-corrected chi connectivity index (χ0v) is 20.5. The maximum atomic E-state index is 14.8. The number of likely N-dealkylation sites (tertiary alicyclic amines) is 1. The monoisotopic (exact) mass is 521 g/mol. The number of nitrogens with one attached hydrogen (secondary N) is 2. The Kier molecular flexibility index (Phi) is 6.92. The summed E-state index contributed by atoms with van der Waals surface area (Å²) in [5.41, 5.74) is -2.13. The van der Waals surface area contributed by atoms with Gasteiger partial charge in [0.05, 0.1) is 12.3 Å². The van der Waals surface area contributed by atoms with Gasteiger partial charge in [0.25, 0.3) is 0 Å². The number of nitriles is 1. The summed E-state index contributed by atoms with van der Waals surface area (Å²) in [5.74, 6) is -1.41. The first-order valence-electron chi connectivity index (χ1n) is 11.9. The van der Waals surface area contributed by atoms with Crippen LogP contribution in [0.4, 0.5) is 22.4 Å². The predicted molar refractivity (Wildman–Crippen MR) is 123 cm³/mol. The number of hydrogen-bond donors (Lipinski definition) is 2. The number of fused-ring (bicyclic) bond motifs is 2. The Hall–Kier alpha value is -3.62. The predicted octanol–water partition coefficient (Wildman–Crippen LogP) is 4.57. The van der Waals surface area contributed by atoms with E-state index in [0.717, 1.165) is 25.1 Å². The molecule has 1 aliphatic carbocycles. The minimum atomic E-state index is -4.69. The number of carbonyl (C=O) groups excluding carboxylic acids is 2. The molecule has 4 rings (SSSR count). The van der Waals surface area contributed by atoms with E-state index in [1.165, 1.54) is 17.0 Å². The molecular weight excluding hydrogens is 494 g/mol. The molecule has 2 amide bonds. The molecule has 2 heterocycles. The molecule has 4 atom stereocenters. The van der Waals surface area contributed by atoms with Crippen molar-refractivity contribution in [3.63, 3.8) is 0 Å². The fourth-order valence-electron chi connectivity index (χ4n) is 5.11. The fraction of sp³-hybridized carbons (Fsp3) is 0.520. The highest BCUT2D eigenvalue weighted by Gasteiger charge is 2.52. The third-order valence-electron chi connectivity index (χ3n) is 6.64. The molecule has 2 N–H and O–H groups in total. The van der Waals surface area contributed by atoms with Crippen molar-refractivity contribution < 1.29 is 31.9 Å². The molecule has 8 nitrogen and oxygen atoms in total. The van der Waals surface area contributed by atoms with Crippen molar-refractivity contribution in [1.82, 2.24) is 20.4 Å². The maximum Gasteiger partial charge on any atom is 0.433 e. The number of halogens is 4. The average molecular weight is 522 g/mol. The minimum Gasteiger partial charge on any atom is -0.444 e. The third-order valence-corrected chi connectivity index (χ3v) is 6.64. The number of H-pyrrole nitrogens is 1. The molecule has 2 bridgehead atoms. The van der Waals surface area contributed by atoms with Crippen LogP contribution in [0.15, 0.2) is 24.4 Å². The van der Waals surface area contributed by atoms with Gasteiger partial charge in [-0.15, -0.1) is 0 Å². The number of carbonyl (C=O) groups is 2. The molecule has 0 radical (unpaired) electrons. The lowest BCUT2D eigenvalue weighted by Gasteiger charge is -2.35. The molecule has 1 aromatic heterocycles. The van der Waals surface area contributed by atoms with E-state index >= 15 is 0 Å². The normalized spacial score (nSPS) is 22.0. The number of nitrogens with zero attached hydrogens (tertiary/aromatic N) is 3. The van der Waals surface area contributed by atoms with Crippen LogP contribution in [0, 0.1) is 23.1 Å². The van der Waals surface area contributed by atoms with Gasteiger partial charge in [0.2, 0.25) is 5.91 Å². The quantitative estimate of drug-likeness (QED) is 0.560. The van der Waals surface area contributed by atoms with Crippen LogP contribution < -0.4 is 5.32 Å². The van der Waals surface area contributed by atoms with Crippen LogP contribution in [-0.2, 0) is 22.1 Å². The topological polar surface area (TPSA) is 111 Å². The molecule has 2 aliphatic rings. The average Bonchev–Trinajstić information content (AvgIpc) is 3.54. The van der Waals surface area contributed by atoms with Crippen LogP contribution in [0.2, 0.25) is 0 Å². The molecule has 4 unspecified atom stereocenters. The van der Waals surface area contributed by atoms with Gasteiger partial charge in [-0.1, -0.05) is 12.1 Å². The lowest BCUT2D eigenvalue weighted by Crippen LogP contribution is -2.55. The molecule has 198 valence electrons. The molecule has 2 fully saturated rings. The first kappa shape index (κ1) is 26.4. The van der Waals surface area contributed by atoms with Gasteiger partial charge in [-0.3, -0.25) is 14.8 Å². The molecule has 37 heavy (non-hydrogen) atoms. The highest BCUT2D eigenvalue weighted by molar-refractivity contribution is 5.87. The zero-order chi connectivity index (χ0) is 27.1. The number of benzene rings is 1. The van der Waals surface area contributed by atoms with Crippen LogP contribution >= 0.6 is 0 Å². The van der Waals surface area contributed by atoms with Crippen molar-refractivity contribution in [2.75, 3.05) is 0 Å². The van der Waals surface area contributed by atoms with Crippen molar-refractivity contribution in [1.29, 1.82) is 5.26 Å². The number of rotatable bonds is 5. The second kappa shape index (κ2) is 9.68. The number of aromatic amines is 1. The SMILES string of the molecule is CC(C)(C)OC(=O)N1C2CCC(C2)C1C(=O)NC(C#N)Cc1ccc(-c2cn[nH]c2C(F)(F)F)cc1F. The largest absolute Gasteiger partial charge is 0.444 e. The molecule has 1 aliphatic heterocycles. The molecule has 1 saturated heterocycles. The smallest absolute Gasteiger partial charge is 0.433 e. The second-order valence-electron chi connectivity index (χ2n) is 10.4. The van der Waals surface area contributed by atoms with E-state index < -0.39 is 47.4 Å². The summed E-state index contributed by atoms with van der Waals surface area (Å²) in [6, 6.07) is 3.41. The number of amides is 2. The number of alkyl halides is 3. The van der Waals surface area contributed by atoms with Crippen molar-refractivity contribution in [3.8, 4) is 17.2 Å². The van der Waals surface area contributed by atoms with E-state index in [9.17, 15) is 32.4 Å². The van der Waals surface area contributed by atoms with Gasteiger partial charge >= 0.3 is 12.3 Å². The van der Waals surface area contributed by atoms with Gasteiger partial charge in [0, 0.05) is 18.0 Å². The standard InChI is InChI=1S/C25H27F4N5O3/c1-24(2,3)37-23(36)34-17-7-6-15(9-17)20(34)22(35)32-16(11-30)8-14-5-4-13(10-19(14)26)18-12-31-33-21(18)25(27,28)29/h4-5,10,12,15-17,20H,6-9H2,1-3H3,(H,31,33)(H,32,35). The van der Waals surface area contributed by atoms with Crippen LogP contribution in [0.3, 0.4) is 0 Å². The molecule has 1 saturated carbocycles. The Morgan fingerprint density at radius 3 is 2.65 bits per heavy atom. The van der Waals surface area contributed by atoms with E-state index in [1.807, 2.05) is 11.2 Å². The van der Waals surface area contributed by atoms with Crippen LogP contribution in [0.5, 0.6) is 0 Å². The fourth-order valence-corrected chi connectivity index (χ4v) is 5.11. The van der Waals surface area contributed by atoms with Gasteiger partial charge in [0.15, 0.2) is 0 Å². The van der Waals surface area contributed by atoms with Crippen molar-refractivity contribution in [3.05, 3.63) is 41.5 Å². The van der Waals surface area contributed by atoms with Crippen LogP contribution in [0.1, 0.15) is 51.3 Å². The van der Waals surface area contributed by atoms with Crippen molar-refractivity contribution >= 4 is 12.0 Å². The molecule has 0 spiro atoms. The lowest BCUT2D eigenvalue weighted by atomic mass is 9.97. The van der Waals surface area contributed by atoms with Crippen LogP contribution in [-0.4, -0.2) is 50.8 Å². The van der Waals surface area contributed by atoms with Crippen molar-refractivity contribution in [2.45, 2.75) is 76.4 Å². The third kappa shape index (κ3) is 5.55. The van der Waals surface area contributed by atoms with Gasteiger partial charge in [0.1, 0.15) is 29.2 Å². The Morgan fingerprint density at radius 2 is 2.03 bits per heavy atom. The van der Waals surface area contributed by atoms with E-state index in [1.54, 1.807) is 20.8 Å². The Bertz CT molecular complexity index is 1230. The Labute approximate surface area is 211 Å². The van der Waals surface area contributed by atoms with E-state index in [4.69, 9.17) is 4.74 Å². The minimum absolute atomic E-state index is 0.0325. The Balaban J connectivity index is 1.47. The summed E-state index contributed by atoms with van der Waals surface area (Å²) in [6.45, 7) is 5.20. The molecular formula is C25H27F4N5O3. The number of hydrogen-bond acceptors (Lipinski definition) is 5. The summed E-state index contributed by atoms with van der Waals surface area (Å²) < 4.78 is 59.8. The number of piperidine rings is 1.